The van der Waals surface area contributed by atoms with E-state index in [0.29, 0.717) is 31.4 Å². The highest BCUT2D eigenvalue weighted by Crippen LogP contribution is 2.26. The van der Waals surface area contributed by atoms with Crippen molar-refractivity contribution in [3.05, 3.63) is 18.2 Å². The third-order valence-corrected chi connectivity index (χ3v) is 8.03. The van der Waals surface area contributed by atoms with Gasteiger partial charge in [-0.25, -0.2) is 13.1 Å². The maximum Gasteiger partial charge on any atom is 0.243 e. The molecule has 0 bridgehead atoms. The highest BCUT2D eigenvalue weighted by molar-refractivity contribution is 7.89. The van der Waals surface area contributed by atoms with Gasteiger partial charge >= 0.3 is 0 Å². The SMILES string of the molecule is CCN(CC)CCCNC(=O)[C@@H]1CCCN(S(=O)(=O)c2ccc3c(c2)nnn3C(C)C)C1. The Hall–Kier alpha value is -2.04. The molecular formula is C22H36N6O3S. The van der Waals surface area contributed by atoms with Crippen LogP contribution in [-0.2, 0) is 14.8 Å². The lowest BCUT2D eigenvalue weighted by atomic mass is 9.99. The fourth-order valence-electron chi connectivity index (χ4n) is 4.19. The average molecular weight is 465 g/mol. The number of nitrogens with zero attached hydrogens (tertiary/aromatic N) is 5. The fraction of sp³-hybridized carbons (Fsp3) is 0.682. The van der Waals surface area contributed by atoms with Crippen LogP contribution in [-0.4, -0.2) is 77.8 Å². The first kappa shape index (κ1) is 24.6. The van der Waals surface area contributed by atoms with Crippen molar-refractivity contribution in [2.75, 3.05) is 39.3 Å². The predicted molar refractivity (Wildman–Crippen MR) is 125 cm³/mol. The van der Waals surface area contributed by atoms with Crippen LogP contribution in [0, 0.1) is 5.92 Å². The summed E-state index contributed by atoms with van der Waals surface area (Å²) >= 11 is 0. The Morgan fingerprint density at radius 3 is 2.72 bits per heavy atom. The predicted octanol–water partition coefficient (Wildman–Crippen LogP) is 2.26. The van der Waals surface area contributed by atoms with Gasteiger partial charge in [0.05, 0.1) is 16.3 Å². The van der Waals surface area contributed by atoms with E-state index in [-0.39, 0.29) is 29.3 Å². The molecule has 0 spiro atoms. The summed E-state index contributed by atoms with van der Waals surface area (Å²) < 4.78 is 29.8. The number of hydrogen-bond donors (Lipinski definition) is 1. The zero-order chi connectivity index (χ0) is 23.3. The molecule has 32 heavy (non-hydrogen) atoms. The number of carbonyl (C=O) groups excluding carboxylic acids is 1. The van der Waals surface area contributed by atoms with E-state index in [9.17, 15) is 13.2 Å². The van der Waals surface area contributed by atoms with Gasteiger partial charge in [0.25, 0.3) is 0 Å². The molecule has 2 heterocycles. The molecule has 178 valence electrons. The molecule has 2 aromatic rings. The molecule has 1 saturated heterocycles. The van der Waals surface area contributed by atoms with E-state index in [1.54, 1.807) is 22.9 Å². The molecule has 1 aliphatic heterocycles. The number of fused-ring (bicyclic) bond motifs is 1. The second-order valence-corrected chi connectivity index (χ2v) is 10.6. The zero-order valence-electron chi connectivity index (χ0n) is 19.6. The molecule has 1 fully saturated rings. The van der Waals surface area contributed by atoms with Crippen molar-refractivity contribution >= 4 is 27.0 Å². The van der Waals surface area contributed by atoms with E-state index in [2.05, 4.69) is 34.4 Å². The molecule has 0 unspecified atom stereocenters. The lowest BCUT2D eigenvalue weighted by Crippen LogP contribution is -2.45. The minimum absolute atomic E-state index is 0.0558. The lowest BCUT2D eigenvalue weighted by molar-refractivity contribution is -0.126. The van der Waals surface area contributed by atoms with Gasteiger partial charge in [-0.2, -0.15) is 4.31 Å². The van der Waals surface area contributed by atoms with Crippen molar-refractivity contribution in [3.8, 4) is 0 Å². The van der Waals surface area contributed by atoms with Gasteiger partial charge in [-0.05, 0) is 70.9 Å². The summed E-state index contributed by atoms with van der Waals surface area (Å²) in [5.74, 6) is -0.377. The maximum absolute atomic E-state index is 13.3. The van der Waals surface area contributed by atoms with Gasteiger partial charge in [-0.1, -0.05) is 19.1 Å². The molecular weight excluding hydrogens is 428 g/mol. The Balaban J connectivity index is 1.63. The van der Waals surface area contributed by atoms with Gasteiger partial charge in [0.1, 0.15) is 5.52 Å². The first-order valence-corrected chi connectivity index (χ1v) is 13.1. The Labute approximate surface area is 191 Å². The van der Waals surface area contributed by atoms with Gasteiger partial charge in [0.2, 0.25) is 15.9 Å². The quantitative estimate of drug-likeness (QED) is 0.542. The molecule has 1 aromatic carbocycles. The van der Waals surface area contributed by atoms with Gasteiger partial charge in [-0.3, -0.25) is 4.79 Å². The lowest BCUT2D eigenvalue weighted by Gasteiger charge is -2.31. The molecule has 0 aliphatic carbocycles. The van der Waals surface area contributed by atoms with Crippen LogP contribution < -0.4 is 5.32 Å². The normalized spacial score (nSPS) is 18.0. The Kier molecular flexibility index (Phi) is 8.24. The number of nitrogens with one attached hydrogen (secondary N) is 1. The van der Waals surface area contributed by atoms with Crippen LogP contribution in [0.15, 0.2) is 23.1 Å². The van der Waals surface area contributed by atoms with Crippen LogP contribution in [0.1, 0.15) is 53.0 Å². The first-order chi connectivity index (χ1) is 15.3. The number of sulfonamides is 1. The Morgan fingerprint density at radius 1 is 1.28 bits per heavy atom. The number of benzene rings is 1. The maximum atomic E-state index is 13.3. The number of amides is 1. The molecule has 0 radical (unpaired) electrons. The number of carbonyl (C=O) groups is 1. The summed E-state index contributed by atoms with van der Waals surface area (Å²) in [5.41, 5.74) is 1.36. The highest BCUT2D eigenvalue weighted by Gasteiger charge is 2.33. The Morgan fingerprint density at radius 2 is 2.03 bits per heavy atom. The van der Waals surface area contributed by atoms with Crippen molar-refractivity contribution < 1.29 is 13.2 Å². The zero-order valence-corrected chi connectivity index (χ0v) is 20.4. The second-order valence-electron chi connectivity index (χ2n) is 8.65. The molecule has 9 nitrogen and oxygen atoms in total. The van der Waals surface area contributed by atoms with E-state index in [1.807, 2.05) is 13.8 Å². The standard InChI is InChI=1S/C22H36N6O3S/c1-5-26(6-2)13-8-12-23-22(29)18-9-7-14-27(16-18)32(30,31)19-10-11-21-20(15-19)24-25-28(21)17(3)4/h10-11,15,17-18H,5-9,12-14,16H2,1-4H3,(H,23,29)/t18-/m1/s1. The summed E-state index contributed by atoms with van der Waals surface area (Å²) in [4.78, 5) is 15.2. The van der Waals surface area contributed by atoms with E-state index < -0.39 is 10.0 Å². The molecule has 1 aromatic heterocycles. The summed E-state index contributed by atoms with van der Waals surface area (Å²) in [6, 6.07) is 5.08. The molecule has 0 saturated carbocycles. The number of rotatable bonds is 10. The van der Waals surface area contributed by atoms with Crippen LogP contribution in [0.2, 0.25) is 0 Å². The van der Waals surface area contributed by atoms with E-state index in [0.717, 1.165) is 31.6 Å². The van der Waals surface area contributed by atoms with Crippen LogP contribution in [0.5, 0.6) is 0 Å². The van der Waals surface area contributed by atoms with Crippen LogP contribution in [0.3, 0.4) is 0 Å². The molecule has 1 aliphatic rings. The fourth-order valence-corrected chi connectivity index (χ4v) is 5.73. The van der Waals surface area contributed by atoms with Crippen LogP contribution in [0.4, 0.5) is 0 Å². The molecule has 1 amide bonds. The summed E-state index contributed by atoms with van der Waals surface area (Å²) in [7, 11) is -3.70. The van der Waals surface area contributed by atoms with E-state index >= 15 is 0 Å². The number of piperidine rings is 1. The van der Waals surface area contributed by atoms with Crippen LogP contribution >= 0.6 is 0 Å². The third-order valence-electron chi connectivity index (χ3n) is 6.17. The summed E-state index contributed by atoms with van der Waals surface area (Å²) in [6.07, 6.45) is 2.26. The van der Waals surface area contributed by atoms with E-state index in [1.165, 1.54) is 4.31 Å². The number of hydrogen-bond acceptors (Lipinski definition) is 6. The van der Waals surface area contributed by atoms with Crippen molar-refractivity contribution in [2.45, 2.75) is 57.9 Å². The largest absolute Gasteiger partial charge is 0.356 e. The topological polar surface area (TPSA) is 100 Å². The molecule has 10 heteroatoms. The Bertz CT molecular complexity index is 1020. The van der Waals surface area contributed by atoms with Crippen molar-refractivity contribution in [2.24, 2.45) is 5.92 Å². The van der Waals surface area contributed by atoms with Gasteiger partial charge in [0, 0.05) is 25.7 Å². The molecule has 3 rings (SSSR count). The van der Waals surface area contributed by atoms with Crippen LogP contribution in [0.25, 0.3) is 11.0 Å². The van der Waals surface area contributed by atoms with Crippen molar-refractivity contribution in [3.63, 3.8) is 0 Å². The van der Waals surface area contributed by atoms with Crippen molar-refractivity contribution in [1.29, 1.82) is 0 Å². The minimum Gasteiger partial charge on any atom is -0.356 e. The minimum atomic E-state index is -3.70. The third kappa shape index (κ3) is 5.47. The smallest absolute Gasteiger partial charge is 0.243 e. The van der Waals surface area contributed by atoms with Gasteiger partial charge in [-0.15, -0.1) is 5.10 Å². The second kappa shape index (κ2) is 10.7. The monoisotopic (exact) mass is 464 g/mol. The first-order valence-electron chi connectivity index (χ1n) is 11.6. The summed E-state index contributed by atoms with van der Waals surface area (Å²) in [5, 5.41) is 11.3. The summed E-state index contributed by atoms with van der Waals surface area (Å²) in [6.45, 7) is 12.4. The number of aromatic nitrogens is 3. The van der Waals surface area contributed by atoms with Gasteiger partial charge in [0.15, 0.2) is 0 Å². The van der Waals surface area contributed by atoms with Gasteiger partial charge < -0.3 is 10.2 Å². The molecule has 1 atom stereocenters. The van der Waals surface area contributed by atoms with Crippen molar-refractivity contribution in [1.82, 2.24) is 29.5 Å². The average Bonchev–Trinajstić information content (AvgIpc) is 3.23. The highest BCUT2D eigenvalue weighted by atomic mass is 32.2. The van der Waals surface area contributed by atoms with E-state index in [4.69, 9.17) is 0 Å². The molecule has 1 N–H and O–H groups in total.